The zero-order valence-electron chi connectivity index (χ0n) is 18.9. The van der Waals surface area contributed by atoms with E-state index < -0.39 is 5.91 Å². The second-order valence-corrected chi connectivity index (χ2v) is 9.09. The number of nitrogens with one attached hydrogen (secondary N) is 3. The van der Waals surface area contributed by atoms with E-state index in [9.17, 15) is 14.4 Å². The van der Waals surface area contributed by atoms with Gasteiger partial charge in [-0.05, 0) is 65.3 Å². The van der Waals surface area contributed by atoms with Crippen LogP contribution in [0.5, 0.6) is 0 Å². The lowest BCUT2D eigenvalue weighted by Gasteiger charge is -2.07. The van der Waals surface area contributed by atoms with E-state index in [4.69, 9.17) is 5.21 Å². The van der Waals surface area contributed by atoms with Crippen molar-refractivity contribution < 1.29 is 19.6 Å². The van der Waals surface area contributed by atoms with E-state index in [1.807, 2.05) is 47.9 Å². The summed E-state index contributed by atoms with van der Waals surface area (Å²) in [5.74, 6) is -0.890. The molecule has 3 aromatic rings. The van der Waals surface area contributed by atoms with Crippen molar-refractivity contribution in [2.45, 2.75) is 25.4 Å². The van der Waals surface area contributed by atoms with Crippen LogP contribution in [0.25, 0.3) is 17.7 Å². The van der Waals surface area contributed by atoms with E-state index in [0.717, 1.165) is 34.4 Å². The molecule has 178 valence electrons. The molecule has 8 heteroatoms. The van der Waals surface area contributed by atoms with Gasteiger partial charge < -0.3 is 10.6 Å². The van der Waals surface area contributed by atoms with Gasteiger partial charge in [-0.3, -0.25) is 19.6 Å². The third kappa shape index (κ3) is 6.99. The molecule has 4 rings (SSSR count). The van der Waals surface area contributed by atoms with Gasteiger partial charge >= 0.3 is 0 Å². The van der Waals surface area contributed by atoms with Crippen molar-refractivity contribution in [1.82, 2.24) is 16.1 Å². The Balaban J connectivity index is 1.34. The highest BCUT2D eigenvalue weighted by Crippen LogP contribution is 2.26. The van der Waals surface area contributed by atoms with Crippen LogP contribution in [0.4, 0.5) is 0 Å². The number of hydrogen-bond acceptors (Lipinski definition) is 5. The molecule has 1 saturated carbocycles. The van der Waals surface area contributed by atoms with Gasteiger partial charge in [-0.25, -0.2) is 5.48 Å². The first-order valence-electron chi connectivity index (χ1n) is 11.2. The summed E-state index contributed by atoms with van der Waals surface area (Å²) in [6.45, 7) is 0.308. The number of carbonyl (C=O) groups is 3. The maximum absolute atomic E-state index is 12.7. The number of thiophene rings is 1. The minimum atomic E-state index is -0.589. The lowest BCUT2D eigenvalue weighted by atomic mass is 10.1. The first-order valence-corrected chi connectivity index (χ1v) is 12.1. The Morgan fingerprint density at radius 1 is 0.971 bits per heavy atom. The molecule has 7 nitrogen and oxygen atoms in total. The molecule has 0 atom stereocenters. The SMILES string of the molecule is O=C(C=Cc1ccc(C=C(C(=O)NC2CC2)c2cccs2)cc1)NCc1ccc(C(=O)NO)cc1. The first-order chi connectivity index (χ1) is 17.0. The maximum Gasteiger partial charge on any atom is 0.274 e. The molecule has 1 aliphatic rings. The van der Waals surface area contributed by atoms with Gasteiger partial charge in [0, 0.05) is 29.1 Å². The van der Waals surface area contributed by atoms with Crippen LogP contribution in [0, 0.1) is 0 Å². The van der Waals surface area contributed by atoms with Crippen molar-refractivity contribution >= 4 is 46.8 Å². The normalized spacial score (nSPS) is 13.5. The van der Waals surface area contributed by atoms with Crippen molar-refractivity contribution in [1.29, 1.82) is 0 Å². The predicted octanol–water partition coefficient (Wildman–Crippen LogP) is 4.02. The van der Waals surface area contributed by atoms with Crippen LogP contribution in [0.1, 0.15) is 44.8 Å². The topological polar surface area (TPSA) is 108 Å². The van der Waals surface area contributed by atoms with Gasteiger partial charge in [-0.1, -0.05) is 42.5 Å². The first kappa shape index (κ1) is 24.1. The van der Waals surface area contributed by atoms with E-state index in [2.05, 4.69) is 10.6 Å². The molecule has 35 heavy (non-hydrogen) atoms. The molecule has 3 amide bonds. The molecule has 0 bridgehead atoms. The largest absolute Gasteiger partial charge is 0.349 e. The van der Waals surface area contributed by atoms with Crippen LogP contribution in [0.2, 0.25) is 0 Å². The van der Waals surface area contributed by atoms with Crippen molar-refractivity contribution in [3.05, 3.63) is 99.3 Å². The third-order valence-electron chi connectivity index (χ3n) is 5.40. The summed E-state index contributed by atoms with van der Waals surface area (Å²) in [6.07, 6.45) is 7.14. The standard InChI is InChI=1S/C27H25N3O4S/c31-25(28-17-20-7-10-21(11-8-20)26(32)30-34)14-9-18-3-5-19(6-4-18)16-23(24-2-1-15-35-24)27(33)29-22-12-13-22/h1-11,14-16,22,34H,12-13,17H2,(H,28,31)(H,29,33)(H,30,32). The molecule has 0 saturated heterocycles. The van der Waals surface area contributed by atoms with E-state index in [0.29, 0.717) is 17.7 Å². The molecule has 1 fully saturated rings. The zero-order valence-corrected chi connectivity index (χ0v) is 19.7. The molecular weight excluding hydrogens is 462 g/mol. The molecule has 1 heterocycles. The lowest BCUT2D eigenvalue weighted by Crippen LogP contribution is -2.26. The quantitative estimate of drug-likeness (QED) is 0.208. The molecule has 1 aromatic heterocycles. The average molecular weight is 488 g/mol. The van der Waals surface area contributed by atoms with Crippen LogP contribution in [0.15, 0.2) is 72.1 Å². The summed E-state index contributed by atoms with van der Waals surface area (Å²) in [7, 11) is 0. The zero-order chi connectivity index (χ0) is 24.6. The van der Waals surface area contributed by atoms with Gasteiger partial charge in [0.1, 0.15) is 0 Å². The molecule has 0 radical (unpaired) electrons. The summed E-state index contributed by atoms with van der Waals surface area (Å²) >= 11 is 1.53. The Labute approximate surface area is 207 Å². The summed E-state index contributed by atoms with van der Waals surface area (Å²) in [4.78, 5) is 37.2. The molecule has 2 aromatic carbocycles. The van der Waals surface area contributed by atoms with Gasteiger partial charge in [0.25, 0.3) is 11.8 Å². The van der Waals surface area contributed by atoms with Crippen LogP contribution in [0.3, 0.4) is 0 Å². The van der Waals surface area contributed by atoms with E-state index in [-0.39, 0.29) is 17.9 Å². The Bertz CT molecular complexity index is 1240. The van der Waals surface area contributed by atoms with Crippen molar-refractivity contribution in [3.63, 3.8) is 0 Å². The highest BCUT2D eigenvalue weighted by Gasteiger charge is 2.25. The van der Waals surface area contributed by atoms with E-state index in [1.54, 1.807) is 35.8 Å². The smallest absolute Gasteiger partial charge is 0.274 e. The van der Waals surface area contributed by atoms with Crippen molar-refractivity contribution in [3.8, 4) is 0 Å². The summed E-state index contributed by atoms with van der Waals surface area (Å²) < 4.78 is 0. The summed E-state index contributed by atoms with van der Waals surface area (Å²) in [5.41, 5.74) is 5.14. The second-order valence-electron chi connectivity index (χ2n) is 8.14. The monoisotopic (exact) mass is 487 g/mol. The van der Waals surface area contributed by atoms with Crippen molar-refractivity contribution in [2.24, 2.45) is 0 Å². The van der Waals surface area contributed by atoms with E-state index >= 15 is 0 Å². The minimum absolute atomic E-state index is 0.0538. The fourth-order valence-electron chi connectivity index (χ4n) is 3.30. The molecule has 0 unspecified atom stereocenters. The number of carbonyl (C=O) groups excluding carboxylic acids is 3. The number of hydroxylamine groups is 1. The Morgan fingerprint density at radius 3 is 2.31 bits per heavy atom. The maximum atomic E-state index is 12.7. The minimum Gasteiger partial charge on any atom is -0.349 e. The fraction of sp³-hybridized carbons (Fsp3) is 0.148. The average Bonchev–Trinajstić information content (AvgIpc) is 3.53. The highest BCUT2D eigenvalue weighted by molar-refractivity contribution is 7.11. The number of benzene rings is 2. The number of hydrogen-bond donors (Lipinski definition) is 4. The van der Waals surface area contributed by atoms with Gasteiger partial charge in [-0.2, -0.15) is 0 Å². The Morgan fingerprint density at radius 2 is 1.69 bits per heavy atom. The fourth-order valence-corrected chi connectivity index (χ4v) is 4.04. The highest BCUT2D eigenvalue weighted by atomic mass is 32.1. The molecule has 0 spiro atoms. The van der Waals surface area contributed by atoms with E-state index in [1.165, 1.54) is 17.4 Å². The Kier molecular flexibility index (Phi) is 7.87. The lowest BCUT2D eigenvalue weighted by molar-refractivity contribution is -0.117. The van der Waals surface area contributed by atoms with Crippen molar-refractivity contribution in [2.75, 3.05) is 0 Å². The van der Waals surface area contributed by atoms with Gasteiger partial charge in [0.05, 0.1) is 5.57 Å². The second kappa shape index (κ2) is 11.4. The Hall–Kier alpha value is -4.01. The van der Waals surface area contributed by atoms with Gasteiger partial charge in [0.15, 0.2) is 0 Å². The van der Waals surface area contributed by atoms with Gasteiger partial charge in [-0.15, -0.1) is 11.3 Å². The molecular formula is C27H25N3O4S. The number of rotatable bonds is 9. The summed E-state index contributed by atoms with van der Waals surface area (Å²) in [6, 6.07) is 18.3. The van der Waals surface area contributed by atoms with Crippen LogP contribution >= 0.6 is 11.3 Å². The van der Waals surface area contributed by atoms with Crippen LogP contribution in [-0.2, 0) is 16.1 Å². The van der Waals surface area contributed by atoms with Crippen LogP contribution < -0.4 is 16.1 Å². The number of amides is 3. The van der Waals surface area contributed by atoms with Gasteiger partial charge in [0.2, 0.25) is 5.91 Å². The summed E-state index contributed by atoms with van der Waals surface area (Å²) in [5, 5.41) is 16.5. The molecule has 1 aliphatic carbocycles. The predicted molar refractivity (Wildman–Crippen MR) is 136 cm³/mol. The molecule has 0 aliphatic heterocycles. The third-order valence-corrected chi connectivity index (χ3v) is 6.31. The van der Waals surface area contributed by atoms with Crippen LogP contribution in [-0.4, -0.2) is 29.0 Å². The molecule has 4 N–H and O–H groups in total.